The first-order valence-corrected chi connectivity index (χ1v) is 12.0. The molecule has 1 heterocycles. The van der Waals surface area contributed by atoms with E-state index >= 15 is 0 Å². The van der Waals surface area contributed by atoms with Crippen molar-refractivity contribution < 1.29 is 36.2 Å². The van der Waals surface area contributed by atoms with Crippen molar-refractivity contribution in [1.29, 1.82) is 0 Å². The number of halogens is 4. The first-order valence-electron chi connectivity index (χ1n) is 10.2. The Morgan fingerprint density at radius 2 is 1.69 bits per heavy atom. The van der Waals surface area contributed by atoms with Crippen LogP contribution in [0.5, 0.6) is 5.75 Å². The molecule has 4 rings (SSSR count). The Bertz CT molecular complexity index is 1530. The maximum Gasteiger partial charge on any atom is 0.573 e. The van der Waals surface area contributed by atoms with E-state index in [0.29, 0.717) is 32.6 Å². The van der Waals surface area contributed by atoms with Gasteiger partial charge in [0.1, 0.15) is 5.75 Å². The number of rotatable bonds is 7. The largest absolute Gasteiger partial charge is 0.573 e. The van der Waals surface area contributed by atoms with E-state index in [4.69, 9.17) is 16.7 Å². The Kier molecular flexibility index (Phi) is 6.52. The molecule has 0 saturated carbocycles. The predicted octanol–water partition coefficient (Wildman–Crippen LogP) is 6.11. The van der Waals surface area contributed by atoms with Gasteiger partial charge in [0.2, 0.25) is 0 Å². The molecule has 0 aliphatic heterocycles. The molecule has 0 fully saturated rings. The van der Waals surface area contributed by atoms with Crippen molar-refractivity contribution >= 4 is 38.5 Å². The molecule has 1 N–H and O–H groups in total. The zero-order valence-corrected chi connectivity index (χ0v) is 19.4. The number of nitrogens with zero attached hydrogens (tertiary/aromatic N) is 1. The lowest BCUT2D eigenvalue weighted by Crippen LogP contribution is -2.17. The standard InChI is InChI=1S/C24H17ClF3NO5S/c25-18-8-9-22-21(13-18)17(7-10-23(30)31)14-29(22)35(32,33)20-6-2-4-16(12-20)15-3-1-5-19(11-15)34-24(26,27)28/h1-6,8-9,11-14H,7,10H2,(H,30,31). The van der Waals surface area contributed by atoms with Gasteiger partial charge in [-0.1, -0.05) is 35.9 Å². The summed E-state index contributed by atoms with van der Waals surface area (Å²) in [7, 11) is -4.15. The van der Waals surface area contributed by atoms with Crippen molar-refractivity contribution in [2.24, 2.45) is 0 Å². The highest BCUT2D eigenvalue weighted by Crippen LogP contribution is 2.32. The van der Waals surface area contributed by atoms with Crippen LogP contribution in [0.2, 0.25) is 5.02 Å². The second kappa shape index (κ2) is 9.27. The number of hydrogen-bond donors (Lipinski definition) is 1. The van der Waals surface area contributed by atoms with Gasteiger partial charge in [0.15, 0.2) is 0 Å². The van der Waals surface area contributed by atoms with Crippen LogP contribution in [0.1, 0.15) is 12.0 Å². The molecule has 0 atom stereocenters. The Hall–Kier alpha value is -3.50. The molecule has 0 bridgehead atoms. The summed E-state index contributed by atoms with van der Waals surface area (Å²) in [5.74, 6) is -1.46. The van der Waals surface area contributed by atoms with E-state index in [1.807, 2.05) is 0 Å². The van der Waals surface area contributed by atoms with Gasteiger partial charge in [0.05, 0.1) is 10.4 Å². The van der Waals surface area contributed by atoms with Crippen molar-refractivity contribution in [3.05, 3.63) is 83.5 Å². The molecule has 0 amide bonds. The second-order valence-electron chi connectivity index (χ2n) is 7.61. The fraction of sp³-hybridized carbons (Fsp3) is 0.125. The minimum absolute atomic E-state index is 0.0979. The van der Waals surface area contributed by atoms with Gasteiger partial charge in [-0.15, -0.1) is 13.2 Å². The molecule has 3 aromatic carbocycles. The summed E-state index contributed by atoms with van der Waals surface area (Å²) < 4.78 is 69.9. The molecule has 0 aliphatic rings. The SMILES string of the molecule is O=C(O)CCc1cn(S(=O)(=O)c2cccc(-c3cccc(OC(F)(F)F)c3)c2)c2ccc(Cl)cc12. The summed E-state index contributed by atoms with van der Waals surface area (Å²) in [5.41, 5.74) is 1.52. The van der Waals surface area contributed by atoms with E-state index < -0.39 is 28.1 Å². The number of hydrogen-bond acceptors (Lipinski definition) is 4. The molecule has 0 unspecified atom stereocenters. The predicted molar refractivity (Wildman–Crippen MR) is 124 cm³/mol. The lowest BCUT2D eigenvalue weighted by Gasteiger charge is -2.12. The molecule has 11 heteroatoms. The third-order valence-electron chi connectivity index (χ3n) is 5.22. The van der Waals surface area contributed by atoms with Gasteiger partial charge in [-0.05, 0) is 65.6 Å². The Labute approximate surface area is 203 Å². The van der Waals surface area contributed by atoms with Gasteiger partial charge in [0, 0.05) is 23.0 Å². The van der Waals surface area contributed by atoms with Gasteiger partial charge in [-0.2, -0.15) is 0 Å². The van der Waals surface area contributed by atoms with Crippen molar-refractivity contribution in [2.45, 2.75) is 24.1 Å². The van der Waals surface area contributed by atoms with Crippen molar-refractivity contribution in [3.63, 3.8) is 0 Å². The topological polar surface area (TPSA) is 85.6 Å². The normalized spacial score (nSPS) is 12.1. The van der Waals surface area contributed by atoms with Crippen LogP contribution >= 0.6 is 11.6 Å². The highest BCUT2D eigenvalue weighted by Gasteiger charge is 2.31. The average Bonchev–Trinajstić information content (AvgIpc) is 3.15. The van der Waals surface area contributed by atoms with Crippen LogP contribution in [-0.4, -0.2) is 29.8 Å². The van der Waals surface area contributed by atoms with E-state index in [0.717, 1.165) is 16.1 Å². The van der Waals surface area contributed by atoms with E-state index in [-0.39, 0.29) is 17.7 Å². The van der Waals surface area contributed by atoms with E-state index in [9.17, 15) is 26.4 Å². The first kappa shape index (κ1) is 24.6. The quantitative estimate of drug-likeness (QED) is 0.316. The average molecular weight is 524 g/mol. The minimum Gasteiger partial charge on any atom is -0.481 e. The lowest BCUT2D eigenvalue weighted by atomic mass is 10.1. The first-order chi connectivity index (χ1) is 16.4. The van der Waals surface area contributed by atoms with Crippen LogP contribution < -0.4 is 4.74 Å². The molecule has 0 spiro atoms. The number of fused-ring (bicyclic) bond motifs is 1. The molecule has 4 aromatic rings. The van der Waals surface area contributed by atoms with Crippen LogP contribution in [0.4, 0.5) is 13.2 Å². The van der Waals surface area contributed by atoms with Gasteiger partial charge >= 0.3 is 12.3 Å². The molecule has 0 radical (unpaired) electrons. The van der Waals surface area contributed by atoms with Crippen molar-refractivity contribution in [2.75, 3.05) is 0 Å². The number of benzene rings is 3. The fourth-order valence-electron chi connectivity index (χ4n) is 3.70. The fourth-order valence-corrected chi connectivity index (χ4v) is 5.31. The van der Waals surface area contributed by atoms with Crippen molar-refractivity contribution in [3.8, 4) is 16.9 Å². The monoisotopic (exact) mass is 523 g/mol. The molecule has 6 nitrogen and oxygen atoms in total. The number of ether oxygens (including phenoxy) is 1. The smallest absolute Gasteiger partial charge is 0.481 e. The van der Waals surface area contributed by atoms with Crippen LogP contribution in [0, 0.1) is 0 Å². The van der Waals surface area contributed by atoms with Gasteiger partial charge in [0.25, 0.3) is 10.0 Å². The van der Waals surface area contributed by atoms with Crippen LogP contribution in [0.25, 0.3) is 22.0 Å². The number of aliphatic carboxylic acids is 1. The van der Waals surface area contributed by atoms with Crippen molar-refractivity contribution in [1.82, 2.24) is 3.97 Å². The number of alkyl halides is 3. The van der Waals surface area contributed by atoms with Crippen LogP contribution in [0.15, 0.2) is 77.8 Å². The van der Waals surface area contributed by atoms with Gasteiger partial charge in [-0.25, -0.2) is 12.4 Å². The highest BCUT2D eigenvalue weighted by atomic mass is 35.5. The molecule has 182 valence electrons. The van der Waals surface area contributed by atoms with E-state index in [2.05, 4.69) is 4.74 Å². The van der Waals surface area contributed by atoms with Crippen LogP contribution in [-0.2, 0) is 21.2 Å². The maximum atomic E-state index is 13.6. The number of aryl methyl sites for hydroxylation is 1. The third-order valence-corrected chi connectivity index (χ3v) is 7.12. The number of carboxylic acid groups (broad SMARTS) is 1. The van der Waals surface area contributed by atoms with Gasteiger partial charge in [-0.3, -0.25) is 4.79 Å². The Balaban J connectivity index is 1.77. The molecule has 0 aliphatic carbocycles. The zero-order chi connectivity index (χ0) is 25.4. The number of aromatic nitrogens is 1. The Morgan fingerprint density at radius 3 is 2.37 bits per heavy atom. The molecular formula is C24H17ClF3NO5S. The molecular weight excluding hydrogens is 507 g/mol. The minimum atomic E-state index is -4.86. The highest BCUT2D eigenvalue weighted by molar-refractivity contribution is 7.90. The molecule has 1 aromatic heterocycles. The molecule has 0 saturated heterocycles. The summed E-state index contributed by atoms with van der Waals surface area (Å²) in [4.78, 5) is 10.9. The second-order valence-corrected chi connectivity index (χ2v) is 9.87. The summed E-state index contributed by atoms with van der Waals surface area (Å²) in [6, 6.07) is 15.6. The van der Waals surface area contributed by atoms with E-state index in [1.165, 1.54) is 48.7 Å². The summed E-state index contributed by atoms with van der Waals surface area (Å²) >= 11 is 6.08. The summed E-state index contributed by atoms with van der Waals surface area (Å²) in [5, 5.41) is 9.92. The van der Waals surface area contributed by atoms with Gasteiger partial charge < -0.3 is 9.84 Å². The summed E-state index contributed by atoms with van der Waals surface area (Å²) in [6.45, 7) is 0. The molecule has 35 heavy (non-hydrogen) atoms. The maximum absolute atomic E-state index is 13.6. The van der Waals surface area contributed by atoms with Crippen LogP contribution in [0.3, 0.4) is 0 Å². The zero-order valence-electron chi connectivity index (χ0n) is 17.8. The van der Waals surface area contributed by atoms with E-state index in [1.54, 1.807) is 12.1 Å². The summed E-state index contributed by atoms with van der Waals surface area (Å²) in [6.07, 6.45) is -3.59. The Morgan fingerprint density at radius 1 is 1.00 bits per heavy atom. The third kappa shape index (κ3) is 5.44. The number of carbonyl (C=O) groups is 1. The lowest BCUT2D eigenvalue weighted by molar-refractivity contribution is -0.274. The number of carboxylic acids is 1.